The van der Waals surface area contributed by atoms with Gasteiger partial charge in [0.2, 0.25) is 0 Å². The number of carboxylic acids is 1. The molecule has 0 unspecified atom stereocenters. The molecule has 20 heavy (non-hydrogen) atoms. The molecule has 0 saturated carbocycles. The highest BCUT2D eigenvalue weighted by molar-refractivity contribution is 9.10. The topological polar surface area (TPSA) is 50.2 Å². The Morgan fingerprint density at radius 3 is 2.80 bits per heavy atom. The van der Waals surface area contributed by atoms with Crippen LogP contribution in [0.2, 0.25) is 0 Å². The van der Waals surface area contributed by atoms with Gasteiger partial charge in [-0.1, -0.05) is 6.07 Å². The number of rotatable bonds is 2. The summed E-state index contributed by atoms with van der Waals surface area (Å²) in [6, 6.07) is 7.67. The first-order chi connectivity index (χ1) is 9.56. The number of nitrogens with zero attached hydrogens (tertiary/aromatic N) is 1. The zero-order valence-electron chi connectivity index (χ0n) is 9.93. The van der Waals surface area contributed by atoms with Crippen LogP contribution in [0.5, 0.6) is 0 Å². The zero-order chi connectivity index (χ0) is 14.3. The van der Waals surface area contributed by atoms with Gasteiger partial charge < -0.3 is 5.11 Å². The highest BCUT2D eigenvalue weighted by Crippen LogP contribution is 2.31. The number of hydrogen-bond acceptors (Lipinski definition) is 3. The minimum Gasteiger partial charge on any atom is -0.478 e. The van der Waals surface area contributed by atoms with Crippen molar-refractivity contribution in [3.05, 3.63) is 51.6 Å². The molecule has 0 amide bonds. The Labute approximate surface area is 125 Å². The number of carbonyl (C=O) groups is 1. The normalized spacial score (nSPS) is 10.9. The quantitative estimate of drug-likeness (QED) is 0.735. The zero-order valence-corrected chi connectivity index (χ0v) is 12.3. The maximum atomic E-state index is 13.5. The summed E-state index contributed by atoms with van der Waals surface area (Å²) in [5.74, 6) is -1.61. The molecular weight excluding hydrogens is 345 g/mol. The Morgan fingerprint density at radius 2 is 2.15 bits per heavy atom. The molecule has 1 aromatic carbocycles. The summed E-state index contributed by atoms with van der Waals surface area (Å²) < 4.78 is 13.9. The van der Waals surface area contributed by atoms with Crippen LogP contribution in [0.4, 0.5) is 4.39 Å². The number of pyridine rings is 1. The first-order valence-electron chi connectivity index (χ1n) is 5.63. The summed E-state index contributed by atoms with van der Waals surface area (Å²) in [7, 11) is 0. The lowest BCUT2D eigenvalue weighted by Crippen LogP contribution is -2.01. The molecule has 0 fully saturated rings. The molecule has 2 heterocycles. The van der Waals surface area contributed by atoms with Crippen molar-refractivity contribution >= 4 is 44.1 Å². The lowest BCUT2D eigenvalue weighted by molar-refractivity contribution is 0.0699. The van der Waals surface area contributed by atoms with E-state index in [0.717, 1.165) is 4.88 Å². The van der Waals surface area contributed by atoms with Crippen LogP contribution in [-0.4, -0.2) is 16.1 Å². The standard InChI is InChI=1S/C14H7BrFNO2S/c15-10-5-7(16)4-8-9(14(18)19)6-11(17-13(8)10)12-2-1-3-20-12/h1-6H,(H,18,19). The Hall–Kier alpha value is -1.79. The van der Waals surface area contributed by atoms with Crippen molar-refractivity contribution in [1.29, 1.82) is 0 Å². The monoisotopic (exact) mass is 351 g/mol. The molecule has 0 aliphatic carbocycles. The van der Waals surface area contributed by atoms with Crippen LogP contribution >= 0.6 is 27.3 Å². The van der Waals surface area contributed by atoms with E-state index in [1.807, 2.05) is 17.5 Å². The fourth-order valence-corrected chi connectivity index (χ4v) is 3.19. The maximum absolute atomic E-state index is 13.5. The fourth-order valence-electron chi connectivity index (χ4n) is 1.98. The summed E-state index contributed by atoms with van der Waals surface area (Å²) in [5, 5.41) is 11.5. The van der Waals surface area contributed by atoms with Crippen molar-refractivity contribution in [2.75, 3.05) is 0 Å². The van der Waals surface area contributed by atoms with E-state index < -0.39 is 11.8 Å². The SMILES string of the molecule is O=C(O)c1cc(-c2cccs2)nc2c(Br)cc(F)cc12. The summed E-state index contributed by atoms with van der Waals surface area (Å²) in [6.07, 6.45) is 0. The van der Waals surface area contributed by atoms with Crippen LogP contribution in [0.25, 0.3) is 21.5 Å². The van der Waals surface area contributed by atoms with E-state index in [9.17, 15) is 14.3 Å². The van der Waals surface area contributed by atoms with E-state index in [-0.39, 0.29) is 10.9 Å². The van der Waals surface area contributed by atoms with Gasteiger partial charge in [-0.05, 0) is 45.6 Å². The van der Waals surface area contributed by atoms with Crippen molar-refractivity contribution in [1.82, 2.24) is 4.98 Å². The second kappa shape index (κ2) is 4.96. The third-order valence-corrected chi connectivity index (χ3v) is 4.33. The second-order valence-electron chi connectivity index (χ2n) is 4.12. The third-order valence-electron chi connectivity index (χ3n) is 2.84. The van der Waals surface area contributed by atoms with Gasteiger partial charge in [0.25, 0.3) is 0 Å². The van der Waals surface area contributed by atoms with Crippen LogP contribution < -0.4 is 0 Å². The van der Waals surface area contributed by atoms with Gasteiger partial charge in [-0.2, -0.15) is 0 Å². The molecule has 3 rings (SSSR count). The highest BCUT2D eigenvalue weighted by Gasteiger charge is 2.16. The molecule has 6 heteroatoms. The average molecular weight is 352 g/mol. The number of hydrogen-bond donors (Lipinski definition) is 1. The summed E-state index contributed by atoms with van der Waals surface area (Å²) in [4.78, 5) is 16.7. The van der Waals surface area contributed by atoms with Gasteiger partial charge in [0, 0.05) is 9.86 Å². The van der Waals surface area contributed by atoms with Crippen LogP contribution in [0, 0.1) is 5.82 Å². The number of thiophene rings is 1. The van der Waals surface area contributed by atoms with Crippen molar-refractivity contribution < 1.29 is 14.3 Å². The Morgan fingerprint density at radius 1 is 1.35 bits per heavy atom. The predicted molar refractivity (Wildman–Crippen MR) is 79.7 cm³/mol. The number of halogens is 2. The maximum Gasteiger partial charge on any atom is 0.336 e. The number of benzene rings is 1. The van der Waals surface area contributed by atoms with Gasteiger partial charge in [-0.3, -0.25) is 0 Å². The van der Waals surface area contributed by atoms with Crippen LogP contribution in [0.3, 0.4) is 0 Å². The summed E-state index contributed by atoms with van der Waals surface area (Å²) >= 11 is 4.71. The molecule has 0 atom stereocenters. The first-order valence-corrected chi connectivity index (χ1v) is 7.30. The molecule has 1 N–H and O–H groups in total. The molecule has 100 valence electrons. The van der Waals surface area contributed by atoms with Crippen molar-refractivity contribution in [2.24, 2.45) is 0 Å². The van der Waals surface area contributed by atoms with Gasteiger partial charge in [-0.15, -0.1) is 11.3 Å². The molecule has 0 aliphatic rings. The molecule has 2 aromatic heterocycles. The second-order valence-corrected chi connectivity index (χ2v) is 5.92. The smallest absolute Gasteiger partial charge is 0.336 e. The lowest BCUT2D eigenvalue weighted by atomic mass is 10.1. The van der Waals surface area contributed by atoms with E-state index in [4.69, 9.17) is 0 Å². The molecule has 0 saturated heterocycles. The Bertz CT molecular complexity index is 818. The average Bonchev–Trinajstić information content (AvgIpc) is 2.91. The molecule has 0 spiro atoms. The molecule has 3 aromatic rings. The van der Waals surface area contributed by atoms with E-state index in [0.29, 0.717) is 15.7 Å². The van der Waals surface area contributed by atoms with E-state index in [1.54, 1.807) is 0 Å². The highest BCUT2D eigenvalue weighted by atomic mass is 79.9. The van der Waals surface area contributed by atoms with Gasteiger partial charge in [-0.25, -0.2) is 14.2 Å². The van der Waals surface area contributed by atoms with Crippen LogP contribution in [0.1, 0.15) is 10.4 Å². The molecule has 3 nitrogen and oxygen atoms in total. The van der Waals surface area contributed by atoms with E-state index >= 15 is 0 Å². The van der Waals surface area contributed by atoms with Gasteiger partial charge in [0.05, 0.1) is 21.7 Å². The van der Waals surface area contributed by atoms with Gasteiger partial charge >= 0.3 is 5.97 Å². The molecular formula is C14H7BrFNO2S. The summed E-state index contributed by atoms with van der Waals surface area (Å²) in [5.41, 5.74) is 1.05. The van der Waals surface area contributed by atoms with Gasteiger partial charge in [0.15, 0.2) is 0 Å². The molecule has 0 aliphatic heterocycles. The first kappa shape index (κ1) is 13.2. The van der Waals surface area contributed by atoms with Crippen molar-refractivity contribution in [3.63, 3.8) is 0 Å². The van der Waals surface area contributed by atoms with E-state index in [2.05, 4.69) is 20.9 Å². The van der Waals surface area contributed by atoms with Crippen molar-refractivity contribution in [3.8, 4) is 10.6 Å². The number of fused-ring (bicyclic) bond motifs is 1. The lowest BCUT2D eigenvalue weighted by Gasteiger charge is -2.07. The predicted octanol–water partition coefficient (Wildman–Crippen LogP) is 4.56. The fraction of sp³-hybridized carbons (Fsp3) is 0. The minimum atomic E-state index is -1.10. The van der Waals surface area contributed by atoms with E-state index in [1.165, 1.54) is 29.5 Å². The largest absolute Gasteiger partial charge is 0.478 e. The molecule has 0 radical (unpaired) electrons. The van der Waals surface area contributed by atoms with Crippen LogP contribution in [-0.2, 0) is 0 Å². The number of aromatic carboxylic acids is 1. The molecule has 0 bridgehead atoms. The van der Waals surface area contributed by atoms with Gasteiger partial charge in [0.1, 0.15) is 5.82 Å². The number of aromatic nitrogens is 1. The summed E-state index contributed by atoms with van der Waals surface area (Å²) in [6.45, 7) is 0. The minimum absolute atomic E-state index is 0.0404. The van der Waals surface area contributed by atoms with Crippen LogP contribution in [0.15, 0.2) is 40.2 Å². The Balaban J connectivity index is 2.40. The third kappa shape index (κ3) is 2.21. The van der Waals surface area contributed by atoms with Crippen molar-refractivity contribution in [2.45, 2.75) is 0 Å². The Kier molecular flexibility index (Phi) is 3.27. The number of carboxylic acid groups (broad SMARTS) is 1.